The lowest BCUT2D eigenvalue weighted by atomic mass is 10.3. The number of rotatable bonds is 3. The third kappa shape index (κ3) is 2.92. The SMILES string of the molecule is O=C(Cn1cnc2sccc2c1=O)Nc1nc2cc3c(cc2s1)OCCO3. The summed E-state index contributed by atoms with van der Waals surface area (Å²) in [5.74, 6) is 0.986. The summed E-state index contributed by atoms with van der Waals surface area (Å²) in [5.41, 5.74) is 0.487. The second-order valence-corrected chi connectivity index (χ2v) is 7.77. The number of hydrogen-bond donors (Lipinski definition) is 1. The number of fused-ring (bicyclic) bond motifs is 3. The van der Waals surface area contributed by atoms with Crippen LogP contribution in [-0.2, 0) is 11.3 Å². The summed E-state index contributed by atoms with van der Waals surface area (Å²) >= 11 is 2.73. The number of carbonyl (C=O) groups is 1. The van der Waals surface area contributed by atoms with E-state index in [1.54, 1.807) is 17.5 Å². The summed E-state index contributed by atoms with van der Waals surface area (Å²) in [6.07, 6.45) is 1.39. The van der Waals surface area contributed by atoms with Crippen molar-refractivity contribution in [2.45, 2.75) is 6.54 Å². The maximum absolute atomic E-state index is 12.4. The quantitative estimate of drug-likeness (QED) is 0.568. The molecule has 1 aliphatic heterocycles. The van der Waals surface area contributed by atoms with Crippen LogP contribution in [0.2, 0.25) is 0 Å². The Morgan fingerprint density at radius 3 is 2.93 bits per heavy atom. The van der Waals surface area contributed by atoms with Crippen LogP contribution in [0.4, 0.5) is 5.13 Å². The molecule has 1 N–H and O–H groups in total. The van der Waals surface area contributed by atoms with E-state index in [0.717, 1.165) is 10.2 Å². The van der Waals surface area contributed by atoms with E-state index in [9.17, 15) is 9.59 Å². The zero-order valence-electron chi connectivity index (χ0n) is 13.8. The van der Waals surface area contributed by atoms with Crippen molar-refractivity contribution in [2.75, 3.05) is 18.5 Å². The van der Waals surface area contributed by atoms with Crippen LogP contribution in [0, 0.1) is 0 Å². The van der Waals surface area contributed by atoms with Gasteiger partial charge in [-0.25, -0.2) is 9.97 Å². The molecule has 1 amide bonds. The maximum atomic E-state index is 12.4. The molecule has 0 bridgehead atoms. The lowest BCUT2D eigenvalue weighted by Crippen LogP contribution is -2.27. The minimum absolute atomic E-state index is 0.129. The number of thiophene rings is 1. The zero-order valence-corrected chi connectivity index (χ0v) is 15.4. The number of hydrogen-bond acceptors (Lipinski definition) is 8. The van der Waals surface area contributed by atoms with Crippen LogP contribution in [0.15, 0.2) is 34.7 Å². The average molecular weight is 400 g/mol. The van der Waals surface area contributed by atoms with Gasteiger partial charge in [0, 0.05) is 12.1 Å². The third-order valence-corrected chi connectivity index (χ3v) is 5.82. The summed E-state index contributed by atoms with van der Waals surface area (Å²) in [7, 11) is 0. The molecular formula is C17H12N4O4S2. The normalized spacial score (nSPS) is 13.2. The molecular weight excluding hydrogens is 388 g/mol. The van der Waals surface area contributed by atoms with E-state index < -0.39 is 0 Å². The predicted molar refractivity (Wildman–Crippen MR) is 103 cm³/mol. The minimum Gasteiger partial charge on any atom is -0.486 e. The van der Waals surface area contributed by atoms with Gasteiger partial charge in [0.05, 0.1) is 21.9 Å². The molecule has 8 nitrogen and oxygen atoms in total. The zero-order chi connectivity index (χ0) is 18.4. The van der Waals surface area contributed by atoms with Crippen molar-refractivity contribution in [3.8, 4) is 11.5 Å². The molecule has 1 aromatic carbocycles. The molecule has 27 heavy (non-hydrogen) atoms. The number of amides is 1. The fraction of sp³-hybridized carbons (Fsp3) is 0.176. The van der Waals surface area contributed by atoms with Crippen LogP contribution in [-0.4, -0.2) is 33.7 Å². The highest BCUT2D eigenvalue weighted by molar-refractivity contribution is 7.22. The van der Waals surface area contributed by atoms with E-state index in [1.165, 1.54) is 33.6 Å². The Bertz CT molecular complexity index is 1200. The monoisotopic (exact) mass is 400 g/mol. The van der Waals surface area contributed by atoms with Crippen LogP contribution in [0.3, 0.4) is 0 Å². The number of nitrogens with zero attached hydrogens (tertiary/aromatic N) is 3. The highest BCUT2D eigenvalue weighted by Crippen LogP contribution is 2.37. The molecule has 4 heterocycles. The molecule has 3 aromatic heterocycles. The highest BCUT2D eigenvalue weighted by Gasteiger charge is 2.16. The van der Waals surface area contributed by atoms with Gasteiger partial charge in [0.2, 0.25) is 5.91 Å². The van der Waals surface area contributed by atoms with Crippen LogP contribution in [0.1, 0.15) is 0 Å². The molecule has 1 aliphatic rings. The molecule has 0 atom stereocenters. The lowest BCUT2D eigenvalue weighted by molar-refractivity contribution is -0.116. The van der Waals surface area contributed by atoms with Gasteiger partial charge in [-0.1, -0.05) is 11.3 Å². The average Bonchev–Trinajstić information content (AvgIpc) is 3.28. The molecule has 10 heteroatoms. The summed E-state index contributed by atoms with van der Waals surface area (Å²) < 4.78 is 13.3. The number of benzene rings is 1. The van der Waals surface area contributed by atoms with Crippen molar-refractivity contribution in [3.05, 3.63) is 40.3 Å². The van der Waals surface area contributed by atoms with E-state index in [-0.39, 0.29) is 18.0 Å². The first-order valence-electron chi connectivity index (χ1n) is 8.10. The number of nitrogens with one attached hydrogen (secondary N) is 1. The van der Waals surface area contributed by atoms with Crippen molar-refractivity contribution >= 4 is 54.1 Å². The van der Waals surface area contributed by atoms with Gasteiger partial charge < -0.3 is 14.8 Å². The Hall–Kier alpha value is -2.98. The largest absolute Gasteiger partial charge is 0.486 e. The molecule has 0 saturated carbocycles. The minimum atomic E-state index is -0.343. The number of ether oxygens (including phenoxy) is 2. The fourth-order valence-electron chi connectivity index (χ4n) is 2.84. The second kappa shape index (κ2) is 6.32. The summed E-state index contributed by atoms with van der Waals surface area (Å²) in [6.45, 7) is 0.887. The van der Waals surface area contributed by atoms with Gasteiger partial charge in [-0.3, -0.25) is 14.2 Å². The summed E-state index contributed by atoms with van der Waals surface area (Å²) in [6, 6.07) is 5.37. The Morgan fingerprint density at radius 2 is 2.07 bits per heavy atom. The first-order chi connectivity index (χ1) is 13.2. The van der Waals surface area contributed by atoms with Gasteiger partial charge in [-0.2, -0.15) is 0 Å². The molecule has 4 aromatic rings. The first-order valence-corrected chi connectivity index (χ1v) is 9.80. The van der Waals surface area contributed by atoms with Crippen LogP contribution < -0.4 is 20.3 Å². The van der Waals surface area contributed by atoms with Gasteiger partial charge in [0.25, 0.3) is 5.56 Å². The van der Waals surface area contributed by atoms with Crippen LogP contribution >= 0.6 is 22.7 Å². The molecule has 0 spiro atoms. The van der Waals surface area contributed by atoms with Gasteiger partial charge in [-0.15, -0.1) is 11.3 Å². The van der Waals surface area contributed by atoms with Crippen molar-refractivity contribution < 1.29 is 14.3 Å². The highest BCUT2D eigenvalue weighted by atomic mass is 32.1. The molecule has 0 aliphatic carbocycles. The maximum Gasteiger partial charge on any atom is 0.262 e. The van der Waals surface area contributed by atoms with Crippen molar-refractivity contribution in [2.24, 2.45) is 0 Å². The van der Waals surface area contributed by atoms with E-state index in [2.05, 4.69) is 15.3 Å². The third-order valence-electron chi connectivity index (χ3n) is 4.06. The summed E-state index contributed by atoms with van der Waals surface area (Å²) in [5, 5.41) is 5.51. The number of anilines is 1. The predicted octanol–water partition coefficient (Wildman–Crippen LogP) is 2.48. The second-order valence-electron chi connectivity index (χ2n) is 5.85. The Morgan fingerprint density at radius 1 is 1.26 bits per heavy atom. The number of thiazole rings is 1. The summed E-state index contributed by atoms with van der Waals surface area (Å²) in [4.78, 5) is 34.0. The molecule has 5 rings (SSSR count). The van der Waals surface area contributed by atoms with E-state index in [0.29, 0.717) is 40.1 Å². The molecule has 0 unspecified atom stereocenters. The fourth-order valence-corrected chi connectivity index (χ4v) is 4.45. The Balaban J connectivity index is 1.38. The van der Waals surface area contributed by atoms with Crippen LogP contribution in [0.5, 0.6) is 11.5 Å². The van der Waals surface area contributed by atoms with Crippen molar-refractivity contribution in [1.82, 2.24) is 14.5 Å². The first kappa shape index (κ1) is 16.2. The van der Waals surface area contributed by atoms with Gasteiger partial charge in [0.15, 0.2) is 16.6 Å². The topological polar surface area (TPSA) is 95.3 Å². The Kier molecular flexibility index (Phi) is 3.80. The Labute approximate surface area is 160 Å². The van der Waals surface area contributed by atoms with Crippen molar-refractivity contribution in [3.63, 3.8) is 0 Å². The van der Waals surface area contributed by atoms with E-state index >= 15 is 0 Å². The lowest BCUT2D eigenvalue weighted by Gasteiger charge is -2.17. The standard InChI is InChI=1S/C17H12N4O4S2/c22-14(7-21-8-18-15-9(16(21)23)1-4-26-15)20-17-19-10-5-11-12(6-13(10)27-17)25-3-2-24-11/h1,4-6,8H,2-3,7H2,(H,19,20,22). The van der Waals surface area contributed by atoms with E-state index in [1.807, 2.05) is 6.07 Å². The smallest absolute Gasteiger partial charge is 0.262 e. The number of aromatic nitrogens is 3. The molecule has 136 valence electrons. The van der Waals surface area contributed by atoms with Gasteiger partial charge in [-0.05, 0) is 11.4 Å². The molecule has 0 fully saturated rings. The van der Waals surface area contributed by atoms with Crippen molar-refractivity contribution in [1.29, 1.82) is 0 Å². The molecule has 0 radical (unpaired) electrons. The van der Waals surface area contributed by atoms with Crippen LogP contribution in [0.25, 0.3) is 20.4 Å². The van der Waals surface area contributed by atoms with Gasteiger partial charge >= 0.3 is 0 Å². The molecule has 0 saturated heterocycles. The van der Waals surface area contributed by atoms with E-state index in [4.69, 9.17) is 9.47 Å². The number of carbonyl (C=O) groups excluding carboxylic acids is 1. The van der Waals surface area contributed by atoms with Gasteiger partial charge in [0.1, 0.15) is 24.6 Å².